The highest BCUT2D eigenvalue weighted by molar-refractivity contribution is 5.38. The van der Waals surface area contributed by atoms with E-state index in [2.05, 4.69) is 0 Å². The van der Waals surface area contributed by atoms with Crippen molar-refractivity contribution in [3.05, 3.63) is 29.6 Å². The summed E-state index contributed by atoms with van der Waals surface area (Å²) in [5.41, 5.74) is 0.114. The molecule has 0 spiro atoms. The highest BCUT2D eigenvalue weighted by atomic mass is 19.1. The molecule has 0 aliphatic heterocycles. The molecule has 0 aromatic heterocycles. The zero-order valence-electron chi connectivity index (χ0n) is 8.00. The van der Waals surface area contributed by atoms with Gasteiger partial charge in [-0.2, -0.15) is 0 Å². The van der Waals surface area contributed by atoms with Crippen molar-refractivity contribution in [2.24, 2.45) is 0 Å². The number of aliphatic hydroxyl groups excluding tert-OH is 1. The number of aromatic hydroxyl groups is 1. The summed E-state index contributed by atoms with van der Waals surface area (Å²) >= 11 is 0. The van der Waals surface area contributed by atoms with Crippen molar-refractivity contribution >= 4 is 0 Å². The van der Waals surface area contributed by atoms with E-state index in [9.17, 15) is 9.50 Å². The molecule has 0 radical (unpaired) electrons. The third kappa shape index (κ3) is 1.28. The number of rotatable bonds is 2. The Balaban J connectivity index is 2.42. The van der Waals surface area contributed by atoms with Crippen LogP contribution in [0.25, 0.3) is 0 Å². The van der Waals surface area contributed by atoms with Gasteiger partial charge in [-0.05, 0) is 31.4 Å². The highest BCUT2D eigenvalue weighted by Gasteiger charge is 2.49. The fourth-order valence-electron chi connectivity index (χ4n) is 1.95. The Morgan fingerprint density at radius 1 is 1.43 bits per heavy atom. The van der Waals surface area contributed by atoms with Crippen molar-refractivity contribution in [1.82, 2.24) is 0 Å². The predicted octanol–water partition coefficient (Wildman–Crippen LogP) is 1.94. The molecule has 0 amide bonds. The minimum absolute atomic E-state index is 0.0763. The summed E-state index contributed by atoms with van der Waals surface area (Å²) in [5.74, 6) is -0.504. The van der Waals surface area contributed by atoms with E-state index < -0.39 is 17.3 Å². The van der Waals surface area contributed by atoms with Crippen LogP contribution in [0.5, 0.6) is 5.75 Å². The lowest BCUT2D eigenvalue weighted by Gasteiger charge is -2.19. The van der Waals surface area contributed by atoms with Gasteiger partial charge in [0.15, 0.2) is 0 Å². The molecule has 0 heterocycles. The molecule has 1 atom stereocenters. The number of phenolic OH excluding ortho intramolecular Hbond substituents is 1. The minimum Gasteiger partial charge on any atom is -0.508 e. The Morgan fingerprint density at radius 3 is 2.50 bits per heavy atom. The first-order chi connectivity index (χ1) is 6.56. The minimum atomic E-state index is -0.540. The second-order valence-electron chi connectivity index (χ2n) is 4.00. The lowest BCUT2D eigenvalue weighted by Crippen LogP contribution is -2.23. The summed E-state index contributed by atoms with van der Waals surface area (Å²) in [7, 11) is 0. The molecule has 2 N–H and O–H groups in total. The maximum absolute atomic E-state index is 13.5. The van der Waals surface area contributed by atoms with Gasteiger partial charge in [0.05, 0.1) is 6.10 Å². The molecule has 1 aliphatic rings. The quantitative estimate of drug-likeness (QED) is 0.758. The van der Waals surface area contributed by atoms with Gasteiger partial charge in [0.25, 0.3) is 0 Å². The maximum atomic E-state index is 13.5. The van der Waals surface area contributed by atoms with Crippen molar-refractivity contribution in [3.63, 3.8) is 0 Å². The van der Waals surface area contributed by atoms with Gasteiger partial charge in [-0.25, -0.2) is 4.39 Å². The Kier molecular flexibility index (Phi) is 2.00. The topological polar surface area (TPSA) is 40.5 Å². The van der Waals surface area contributed by atoms with Gasteiger partial charge in [0, 0.05) is 11.5 Å². The summed E-state index contributed by atoms with van der Waals surface area (Å²) in [6.07, 6.45) is 1.08. The average molecular weight is 196 g/mol. The van der Waals surface area contributed by atoms with Crippen LogP contribution in [-0.2, 0) is 5.41 Å². The second-order valence-corrected chi connectivity index (χ2v) is 4.00. The Hall–Kier alpha value is -1.09. The number of phenols is 1. The van der Waals surface area contributed by atoms with Gasteiger partial charge in [0.1, 0.15) is 11.6 Å². The van der Waals surface area contributed by atoms with Crippen LogP contribution >= 0.6 is 0 Å². The lowest BCUT2D eigenvalue weighted by atomic mass is 9.90. The van der Waals surface area contributed by atoms with Gasteiger partial charge in [0.2, 0.25) is 0 Å². The van der Waals surface area contributed by atoms with Gasteiger partial charge >= 0.3 is 0 Å². The largest absolute Gasteiger partial charge is 0.508 e. The summed E-state index contributed by atoms with van der Waals surface area (Å²) in [4.78, 5) is 0. The molecular formula is C11H13FO2. The summed E-state index contributed by atoms with van der Waals surface area (Å²) in [5, 5.41) is 18.6. The van der Waals surface area contributed by atoms with Crippen molar-refractivity contribution < 1.29 is 14.6 Å². The highest BCUT2D eigenvalue weighted by Crippen LogP contribution is 2.51. The van der Waals surface area contributed by atoms with Crippen molar-refractivity contribution in [1.29, 1.82) is 0 Å². The van der Waals surface area contributed by atoms with Crippen LogP contribution in [-0.4, -0.2) is 16.3 Å². The van der Waals surface area contributed by atoms with Gasteiger partial charge in [-0.15, -0.1) is 0 Å². The Bertz CT molecular complexity index is 356. The van der Waals surface area contributed by atoms with Crippen molar-refractivity contribution in [3.8, 4) is 5.75 Å². The number of hydrogen-bond donors (Lipinski definition) is 2. The number of hydrogen-bond acceptors (Lipinski definition) is 2. The molecule has 3 heteroatoms. The molecule has 1 fully saturated rings. The van der Waals surface area contributed by atoms with Gasteiger partial charge in [-0.3, -0.25) is 0 Å². The monoisotopic (exact) mass is 196 g/mol. The summed E-state index contributed by atoms with van der Waals surface area (Å²) in [6.45, 7) is 1.68. The molecule has 0 saturated heterocycles. The van der Waals surface area contributed by atoms with Crippen LogP contribution in [0.1, 0.15) is 25.3 Å². The van der Waals surface area contributed by atoms with Gasteiger partial charge in [-0.1, -0.05) is 6.07 Å². The average Bonchev–Trinajstić information content (AvgIpc) is 2.84. The Morgan fingerprint density at radius 2 is 2.07 bits per heavy atom. The number of aliphatic hydroxyl groups is 1. The first kappa shape index (κ1) is 9.46. The first-order valence-electron chi connectivity index (χ1n) is 4.73. The van der Waals surface area contributed by atoms with Gasteiger partial charge < -0.3 is 10.2 Å². The fraction of sp³-hybridized carbons (Fsp3) is 0.455. The van der Waals surface area contributed by atoms with E-state index in [-0.39, 0.29) is 5.75 Å². The van der Waals surface area contributed by atoms with Crippen LogP contribution in [0.2, 0.25) is 0 Å². The normalized spacial score (nSPS) is 20.5. The van der Waals surface area contributed by atoms with E-state index in [0.29, 0.717) is 5.56 Å². The molecule has 0 bridgehead atoms. The molecule has 76 valence electrons. The van der Waals surface area contributed by atoms with Crippen LogP contribution in [0, 0.1) is 5.82 Å². The van der Waals surface area contributed by atoms with Crippen LogP contribution in [0.3, 0.4) is 0 Å². The summed E-state index contributed by atoms with van der Waals surface area (Å²) in [6, 6.07) is 4.11. The third-order valence-electron chi connectivity index (χ3n) is 3.08. The first-order valence-corrected chi connectivity index (χ1v) is 4.73. The fourth-order valence-corrected chi connectivity index (χ4v) is 1.95. The predicted molar refractivity (Wildman–Crippen MR) is 50.7 cm³/mol. The van der Waals surface area contributed by atoms with Crippen LogP contribution < -0.4 is 0 Å². The smallest absolute Gasteiger partial charge is 0.130 e. The zero-order chi connectivity index (χ0) is 10.3. The second kappa shape index (κ2) is 2.95. The number of halogens is 1. The molecule has 1 aromatic rings. The molecule has 1 aliphatic carbocycles. The zero-order valence-corrected chi connectivity index (χ0v) is 8.00. The van der Waals surface area contributed by atoms with E-state index >= 15 is 0 Å². The molecule has 1 unspecified atom stereocenters. The summed E-state index contributed by atoms with van der Waals surface area (Å²) < 4.78 is 13.5. The van der Waals surface area contributed by atoms with E-state index in [4.69, 9.17) is 5.11 Å². The molecular weight excluding hydrogens is 183 g/mol. The van der Waals surface area contributed by atoms with E-state index in [1.54, 1.807) is 13.0 Å². The standard InChI is InChI=1S/C11H13FO2/c1-7(13)11(4-5-11)9-3-2-8(14)6-10(9)12/h2-3,6-7,13-14H,4-5H2,1H3. The molecule has 14 heavy (non-hydrogen) atoms. The lowest BCUT2D eigenvalue weighted by molar-refractivity contribution is 0.148. The van der Waals surface area contributed by atoms with Crippen molar-refractivity contribution in [2.75, 3.05) is 0 Å². The SMILES string of the molecule is CC(O)C1(c2ccc(O)cc2F)CC1. The van der Waals surface area contributed by atoms with E-state index in [1.807, 2.05) is 0 Å². The third-order valence-corrected chi connectivity index (χ3v) is 3.08. The number of benzene rings is 1. The van der Waals surface area contributed by atoms with E-state index in [0.717, 1.165) is 18.9 Å². The van der Waals surface area contributed by atoms with Crippen LogP contribution in [0.15, 0.2) is 18.2 Å². The maximum Gasteiger partial charge on any atom is 0.130 e. The van der Waals surface area contributed by atoms with E-state index in [1.165, 1.54) is 6.07 Å². The molecule has 1 aromatic carbocycles. The van der Waals surface area contributed by atoms with Crippen molar-refractivity contribution in [2.45, 2.75) is 31.3 Å². The van der Waals surface area contributed by atoms with Crippen LogP contribution in [0.4, 0.5) is 4.39 Å². The molecule has 2 rings (SSSR count). The Labute approximate surface area is 82.0 Å². The molecule has 2 nitrogen and oxygen atoms in total. The molecule has 1 saturated carbocycles.